The number of piperazine rings is 1. The van der Waals surface area contributed by atoms with E-state index in [1.165, 1.54) is 12.1 Å². The van der Waals surface area contributed by atoms with Gasteiger partial charge in [0.15, 0.2) is 11.5 Å². The zero-order valence-electron chi connectivity index (χ0n) is 15.1. The molecule has 1 aliphatic rings. The second kappa shape index (κ2) is 7.99. The molecule has 1 amide bonds. The lowest BCUT2D eigenvalue weighted by Gasteiger charge is -2.35. The van der Waals surface area contributed by atoms with Crippen LogP contribution in [0.4, 0.5) is 21.7 Å². The van der Waals surface area contributed by atoms with Gasteiger partial charge in [0.05, 0.1) is 0 Å². The van der Waals surface area contributed by atoms with E-state index >= 15 is 0 Å². The Morgan fingerprint density at radius 1 is 0.964 bits per heavy atom. The summed E-state index contributed by atoms with van der Waals surface area (Å²) < 4.78 is 13.2. The highest BCUT2D eigenvalue weighted by molar-refractivity contribution is 5.92. The average Bonchev–Trinajstić information content (AvgIpc) is 2.75. The van der Waals surface area contributed by atoms with Crippen molar-refractivity contribution in [3.63, 3.8) is 0 Å². The number of nitrogens with zero attached hydrogens (tertiary/aromatic N) is 5. The van der Waals surface area contributed by atoms with Crippen LogP contribution in [0.5, 0.6) is 0 Å². The van der Waals surface area contributed by atoms with Crippen LogP contribution in [-0.2, 0) is 0 Å². The number of carbonyl (C=O) groups is 1. The van der Waals surface area contributed by atoms with Crippen molar-refractivity contribution in [1.82, 2.24) is 20.1 Å². The van der Waals surface area contributed by atoms with Crippen molar-refractivity contribution >= 4 is 23.2 Å². The fourth-order valence-electron chi connectivity index (χ4n) is 3.07. The van der Waals surface area contributed by atoms with Crippen molar-refractivity contribution in [2.45, 2.75) is 0 Å². The van der Waals surface area contributed by atoms with Crippen molar-refractivity contribution in [1.29, 1.82) is 0 Å². The summed E-state index contributed by atoms with van der Waals surface area (Å²) in [4.78, 5) is 20.9. The van der Waals surface area contributed by atoms with Crippen LogP contribution in [0.3, 0.4) is 0 Å². The Hall–Kier alpha value is -3.55. The van der Waals surface area contributed by atoms with Gasteiger partial charge in [0.1, 0.15) is 11.6 Å². The number of hydrogen-bond donors (Lipinski definition) is 1. The lowest BCUT2D eigenvalue weighted by molar-refractivity contribution is 0.0739. The molecule has 28 heavy (non-hydrogen) atoms. The molecular weight excluding hydrogens is 359 g/mol. The van der Waals surface area contributed by atoms with Gasteiger partial charge in [-0.05, 0) is 42.5 Å². The molecule has 142 valence electrons. The molecule has 1 aliphatic heterocycles. The SMILES string of the molecule is O=C(c1ccc(Nc2cccc(F)c2)nn1)N1CCN(c2ccccn2)CC1. The molecule has 8 heteroatoms. The highest BCUT2D eigenvalue weighted by atomic mass is 19.1. The third kappa shape index (κ3) is 4.06. The Morgan fingerprint density at radius 3 is 2.50 bits per heavy atom. The highest BCUT2D eigenvalue weighted by Crippen LogP contribution is 2.16. The van der Waals surface area contributed by atoms with E-state index in [1.54, 1.807) is 35.4 Å². The van der Waals surface area contributed by atoms with Crippen LogP contribution in [-0.4, -0.2) is 52.2 Å². The summed E-state index contributed by atoms with van der Waals surface area (Å²) in [5.41, 5.74) is 0.857. The molecule has 1 aromatic carbocycles. The van der Waals surface area contributed by atoms with Crippen molar-refractivity contribution in [3.05, 3.63) is 72.3 Å². The summed E-state index contributed by atoms with van der Waals surface area (Å²) in [6, 6.07) is 15.2. The predicted molar refractivity (Wildman–Crippen MR) is 104 cm³/mol. The number of anilines is 3. The monoisotopic (exact) mass is 378 g/mol. The molecule has 0 unspecified atom stereocenters. The standard InChI is InChI=1S/C20H19FN6O/c21-15-4-3-5-16(14-15)23-18-8-7-17(24-25-18)20(28)27-12-10-26(11-13-27)19-6-1-2-9-22-19/h1-9,14H,10-13H2,(H,23,25). The van der Waals surface area contributed by atoms with Crippen LogP contribution >= 0.6 is 0 Å². The molecule has 3 heterocycles. The van der Waals surface area contributed by atoms with Crippen LogP contribution < -0.4 is 10.2 Å². The third-order valence-corrected chi connectivity index (χ3v) is 4.52. The molecule has 4 rings (SSSR count). The summed E-state index contributed by atoms with van der Waals surface area (Å²) >= 11 is 0. The lowest BCUT2D eigenvalue weighted by atomic mass is 10.2. The molecule has 0 spiro atoms. The van der Waals surface area contributed by atoms with Gasteiger partial charge in [-0.2, -0.15) is 0 Å². The zero-order valence-corrected chi connectivity index (χ0v) is 15.1. The van der Waals surface area contributed by atoms with Crippen LogP contribution in [0.25, 0.3) is 0 Å². The minimum absolute atomic E-state index is 0.148. The summed E-state index contributed by atoms with van der Waals surface area (Å²) in [7, 11) is 0. The number of hydrogen-bond acceptors (Lipinski definition) is 6. The maximum Gasteiger partial charge on any atom is 0.274 e. The maximum atomic E-state index is 13.2. The number of aromatic nitrogens is 3. The van der Waals surface area contributed by atoms with Gasteiger partial charge in [-0.1, -0.05) is 12.1 Å². The summed E-state index contributed by atoms with van der Waals surface area (Å²) in [6.45, 7) is 2.63. The molecule has 1 fully saturated rings. The largest absolute Gasteiger partial charge is 0.353 e. The van der Waals surface area contributed by atoms with E-state index in [2.05, 4.69) is 25.4 Å². The van der Waals surface area contributed by atoms with Gasteiger partial charge >= 0.3 is 0 Å². The second-order valence-electron chi connectivity index (χ2n) is 6.41. The fourth-order valence-corrected chi connectivity index (χ4v) is 3.07. The molecule has 1 N–H and O–H groups in total. The van der Waals surface area contributed by atoms with E-state index in [9.17, 15) is 9.18 Å². The van der Waals surface area contributed by atoms with Gasteiger partial charge in [-0.15, -0.1) is 10.2 Å². The average molecular weight is 378 g/mol. The van der Waals surface area contributed by atoms with E-state index in [0.717, 1.165) is 18.9 Å². The van der Waals surface area contributed by atoms with Crippen molar-refractivity contribution in [3.8, 4) is 0 Å². The molecule has 0 bridgehead atoms. The number of nitrogens with one attached hydrogen (secondary N) is 1. The Labute approximate surface area is 161 Å². The van der Waals surface area contributed by atoms with E-state index in [0.29, 0.717) is 24.6 Å². The Balaban J connectivity index is 1.36. The predicted octanol–water partition coefficient (Wildman–Crippen LogP) is 2.72. The second-order valence-corrected chi connectivity index (χ2v) is 6.41. The number of pyridine rings is 1. The number of amides is 1. The summed E-state index contributed by atoms with van der Waals surface area (Å²) in [6.07, 6.45) is 1.77. The third-order valence-electron chi connectivity index (χ3n) is 4.52. The Morgan fingerprint density at radius 2 is 1.82 bits per heavy atom. The first kappa shape index (κ1) is 17.8. The van der Waals surface area contributed by atoms with Crippen molar-refractivity contribution < 1.29 is 9.18 Å². The first-order chi connectivity index (χ1) is 13.7. The quantitative estimate of drug-likeness (QED) is 0.753. The topological polar surface area (TPSA) is 74.2 Å². The lowest BCUT2D eigenvalue weighted by Crippen LogP contribution is -2.49. The van der Waals surface area contributed by atoms with Gasteiger partial charge < -0.3 is 15.1 Å². The van der Waals surface area contributed by atoms with Gasteiger partial charge in [-0.3, -0.25) is 4.79 Å². The van der Waals surface area contributed by atoms with Crippen molar-refractivity contribution in [2.75, 3.05) is 36.4 Å². The minimum atomic E-state index is -0.338. The van der Waals surface area contributed by atoms with Crippen LogP contribution in [0, 0.1) is 5.82 Å². The van der Waals surface area contributed by atoms with Crippen molar-refractivity contribution in [2.24, 2.45) is 0 Å². The van der Waals surface area contributed by atoms with E-state index in [-0.39, 0.29) is 17.4 Å². The van der Waals surface area contributed by atoms with Gasteiger partial charge in [0, 0.05) is 38.1 Å². The smallest absolute Gasteiger partial charge is 0.274 e. The molecular formula is C20H19FN6O. The van der Waals surface area contributed by atoms with Crippen LogP contribution in [0.1, 0.15) is 10.5 Å². The van der Waals surface area contributed by atoms with Gasteiger partial charge in [0.25, 0.3) is 5.91 Å². The van der Waals surface area contributed by atoms with Gasteiger partial charge in [0.2, 0.25) is 0 Å². The number of rotatable bonds is 4. The Bertz CT molecular complexity index is 942. The minimum Gasteiger partial charge on any atom is -0.353 e. The molecule has 0 aliphatic carbocycles. The molecule has 1 saturated heterocycles. The molecule has 0 saturated carbocycles. The first-order valence-electron chi connectivity index (χ1n) is 9.00. The summed E-state index contributed by atoms with van der Waals surface area (Å²) in [5.74, 6) is 0.879. The molecule has 0 radical (unpaired) electrons. The van der Waals surface area contributed by atoms with E-state index in [4.69, 9.17) is 0 Å². The Kier molecular flexibility index (Phi) is 5.09. The maximum absolute atomic E-state index is 13.2. The molecule has 2 aromatic heterocycles. The van der Waals surface area contributed by atoms with Crippen LogP contribution in [0.2, 0.25) is 0 Å². The number of benzene rings is 1. The first-order valence-corrected chi connectivity index (χ1v) is 9.00. The molecule has 0 atom stereocenters. The summed E-state index contributed by atoms with van der Waals surface area (Å²) in [5, 5.41) is 11.0. The fraction of sp³-hybridized carbons (Fsp3) is 0.200. The van der Waals surface area contributed by atoms with E-state index < -0.39 is 0 Å². The van der Waals surface area contributed by atoms with E-state index in [1.807, 2.05) is 18.2 Å². The van der Waals surface area contributed by atoms with Crippen LogP contribution in [0.15, 0.2) is 60.8 Å². The highest BCUT2D eigenvalue weighted by Gasteiger charge is 2.23. The number of carbonyl (C=O) groups excluding carboxylic acids is 1. The molecule has 7 nitrogen and oxygen atoms in total. The zero-order chi connectivity index (χ0) is 19.3. The normalized spacial score (nSPS) is 14.0. The van der Waals surface area contributed by atoms with Gasteiger partial charge in [-0.25, -0.2) is 9.37 Å². The molecule has 3 aromatic rings. The number of halogens is 1.